The SMILES string of the molecule is COc1ccc(C(=O)Nc2ccc(N3CCN(C)CC3)nc2)c(O)c1. The van der Waals surface area contributed by atoms with E-state index in [2.05, 4.69) is 27.1 Å². The number of piperazine rings is 1. The molecule has 1 saturated heterocycles. The third kappa shape index (κ3) is 4.00. The number of phenols is 1. The molecule has 1 fully saturated rings. The average Bonchev–Trinajstić information content (AvgIpc) is 2.63. The van der Waals surface area contributed by atoms with E-state index in [0.717, 1.165) is 32.0 Å². The first kappa shape index (κ1) is 17.0. The van der Waals surface area contributed by atoms with Gasteiger partial charge in [0.15, 0.2) is 0 Å². The summed E-state index contributed by atoms with van der Waals surface area (Å²) in [5.74, 6) is 0.874. The standard InChI is InChI=1S/C18H22N4O3/c1-21-7-9-22(10-8-21)17-6-3-13(12-19-17)20-18(24)15-5-4-14(25-2)11-16(15)23/h3-6,11-12,23H,7-10H2,1-2H3,(H,20,24). The molecule has 3 rings (SSSR count). The number of likely N-dealkylation sites (N-methyl/N-ethyl adjacent to an activating group) is 1. The Kier molecular flexibility index (Phi) is 5.04. The summed E-state index contributed by atoms with van der Waals surface area (Å²) in [7, 11) is 3.61. The van der Waals surface area contributed by atoms with E-state index in [0.29, 0.717) is 11.4 Å². The molecule has 0 radical (unpaired) electrons. The lowest BCUT2D eigenvalue weighted by Gasteiger charge is -2.33. The van der Waals surface area contributed by atoms with Crippen molar-refractivity contribution in [2.75, 3.05) is 50.6 Å². The first-order chi connectivity index (χ1) is 12.1. The highest BCUT2D eigenvalue weighted by Crippen LogP contribution is 2.24. The number of aromatic hydroxyl groups is 1. The molecule has 1 aliphatic heterocycles. The summed E-state index contributed by atoms with van der Waals surface area (Å²) < 4.78 is 5.02. The van der Waals surface area contributed by atoms with Gasteiger partial charge in [-0.05, 0) is 31.3 Å². The lowest BCUT2D eigenvalue weighted by Crippen LogP contribution is -2.44. The number of aromatic nitrogens is 1. The molecule has 2 heterocycles. The van der Waals surface area contributed by atoms with Gasteiger partial charge in [0, 0.05) is 32.2 Å². The van der Waals surface area contributed by atoms with E-state index in [9.17, 15) is 9.90 Å². The molecule has 25 heavy (non-hydrogen) atoms. The number of pyridine rings is 1. The van der Waals surface area contributed by atoms with Gasteiger partial charge in [0.05, 0.1) is 24.6 Å². The van der Waals surface area contributed by atoms with Crippen LogP contribution in [0.2, 0.25) is 0 Å². The molecule has 2 N–H and O–H groups in total. The minimum Gasteiger partial charge on any atom is -0.507 e. The van der Waals surface area contributed by atoms with E-state index >= 15 is 0 Å². The van der Waals surface area contributed by atoms with Crippen molar-refractivity contribution >= 4 is 17.4 Å². The summed E-state index contributed by atoms with van der Waals surface area (Å²) in [6, 6.07) is 8.27. The topological polar surface area (TPSA) is 77.9 Å². The maximum absolute atomic E-state index is 12.3. The molecular weight excluding hydrogens is 320 g/mol. The van der Waals surface area contributed by atoms with E-state index in [1.54, 1.807) is 12.3 Å². The second-order valence-corrected chi connectivity index (χ2v) is 6.03. The number of methoxy groups -OCH3 is 1. The minimum absolute atomic E-state index is 0.126. The van der Waals surface area contributed by atoms with Crippen molar-refractivity contribution in [3.63, 3.8) is 0 Å². The lowest BCUT2D eigenvalue weighted by molar-refractivity contribution is 0.102. The monoisotopic (exact) mass is 342 g/mol. The fourth-order valence-corrected chi connectivity index (χ4v) is 2.71. The van der Waals surface area contributed by atoms with E-state index < -0.39 is 5.91 Å². The summed E-state index contributed by atoms with van der Waals surface area (Å²) in [5, 5.41) is 12.7. The van der Waals surface area contributed by atoms with Crippen LogP contribution >= 0.6 is 0 Å². The number of carbonyl (C=O) groups excluding carboxylic acids is 1. The molecule has 0 aliphatic carbocycles. The predicted molar refractivity (Wildman–Crippen MR) is 96.6 cm³/mol. The highest BCUT2D eigenvalue weighted by molar-refractivity contribution is 6.06. The van der Waals surface area contributed by atoms with Crippen molar-refractivity contribution in [2.24, 2.45) is 0 Å². The van der Waals surface area contributed by atoms with Gasteiger partial charge in [0.2, 0.25) is 0 Å². The summed E-state index contributed by atoms with van der Waals surface area (Å²) in [4.78, 5) is 21.2. The van der Waals surface area contributed by atoms with Crippen LogP contribution in [-0.4, -0.2) is 61.2 Å². The van der Waals surface area contributed by atoms with Crippen LogP contribution in [0.15, 0.2) is 36.5 Å². The summed E-state index contributed by atoms with van der Waals surface area (Å²) in [5.41, 5.74) is 0.766. The van der Waals surface area contributed by atoms with Gasteiger partial charge in [-0.25, -0.2) is 4.98 Å². The Bertz CT molecular complexity index is 740. The molecule has 132 valence electrons. The van der Waals surface area contributed by atoms with Gasteiger partial charge in [-0.3, -0.25) is 4.79 Å². The van der Waals surface area contributed by atoms with Crippen LogP contribution in [0.25, 0.3) is 0 Å². The van der Waals surface area contributed by atoms with Gasteiger partial charge >= 0.3 is 0 Å². The van der Waals surface area contributed by atoms with Crippen LogP contribution in [0.1, 0.15) is 10.4 Å². The van der Waals surface area contributed by atoms with Crippen LogP contribution < -0.4 is 15.0 Å². The Labute approximate surface area is 146 Å². The zero-order valence-corrected chi connectivity index (χ0v) is 14.4. The van der Waals surface area contributed by atoms with E-state index in [-0.39, 0.29) is 11.3 Å². The number of rotatable bonds is 4. The van der Waals surface area contributed by atoms with Gasteiger partial charge in [0.25, 0.3) is 5.91 Å². The van der Waals surface area contributed by atoms with Crippen molar-refractivity contribution in [2.45, 2.75) is 0 Å². The molecule has 0 unspecified atom stereocenters. The number of phenolic OH excluding ortho intramolecular Hbond substituents is 1. The van der Waals surface area contributed by atoms with Crippen molar-refractivity contribution in [1.82, 2.24) is 9.88 Å². The van der Waals surface area contributed by atoms with Gasteiger partial charge in [-0.1, -0.05) is 0 Å². The molecule has 1 aliphatic rings. The second kappa shape index (κ2) is 7.40. The molecule has 0 bridgehead atoms. The van der Waals surface area contributed by atoms with Crippen LogP contribution in [-0.2, 0) is 0 Å². The third-order valence-corrected chi connectivity index (χ3v) is 4.28. The molecular formula is C18H22N4O3. The lowest BCUT2D eigenvalue weighted by atomic mass is 10.1. The Morgan fingerprint density at radius 2 is 1.96 bits per heavy atom. The van der Waals surface area contributed by atoms with E-state index in [1.807, 2.05) is 12.1 Å². The maximum atomic E-state index is 12.3. The Hall–Kier alpha value is -2.80. The molecule has 1 aromatic heterocycles. The van der Waals surface area contributed by atoms with E-state index in [1.165, 1.54) is 19.2 Å². The normalized spacial score (nSPS) is 15.0. The zero-order chi connectivity index (χ0) is 17.8. The van der Waals surface area contributed by atoms with Gasteiger partial charge in [-0.15, -0.1) is 0 Å². The highest BCUT2D eigenvalue weighted by Gasteiger charge is 2.16. The molecule has 2 aromatic rings. The fourth-order valence-electron chi connectivity index (χ4n) is 2.71. The first-order valence-corrected chi connectivity index (χ1v) is 8.15. The molecule has 1 aromatic carbocycles. The van der Waals surface area contributed by atoms with Crippen molar-refractivity contribution in [1.29, 1.82) is 0 Å². The number of anilines is 2. The number of ether oxygens (including phenoxy) is 1. The van der Waals surface area contributed by atoms with Crippen LogP contribution in [0.3, 0.4) is 0 Å². The van der Waals surface area contributed by atoms with Gasteiger partial charge in [0.1, 0.15) is 17.3 Å². The smallest absolute Gasteiger partial charge is 0.259 e. The molecule has 0 saturated carbocycles. The Morgan fingerprint density at radius 1 is 1.20 bits per heavy atom. The third-order valence-electron chi connectivity index (χ3n) is 4.28. The predicted octanol–water partition coefficient (Wildman–Crippen LogP) is 1.80. The largest absolute Gasteiger partial charge is 0.507 e. The fraction of sp³-hybridized carbons (Fsp3) is 0.333. The molecule has 0 spiro atoms. The van der Waals surface area contributed by atoms with Crippen molar-refractivity contribution in [3.8, 4) is 11.5 Å². The minimum atomic E-state index is -0.394. The summed E-state index contributed by atoms with van der Waals surface area (Å²) in [6.45, 7) is 3.90. The molecule has 0 atom stereocenters. The summed E-state index contributed by atoms with van der Waals surface area (Å²) in [6.07, 6.45) is 1.63. The number of hydrogen-bond donors (Lipinski definition) is 2. The number of benzene rings is 1. The van der Waals surface area contributed by atoms with Gasteiger partial charge in [-0.2, -0.15) is 0 Å². The molecule has 7 nitrogen and oxygen atoms in total. The number of carbonyl (C=O) groups is 1. The average molecular weight is 342 g/mol. The Balaban J connectivity index is 1.66. The van der Waals surface area contributed by atoms with Crippen molar-refractivity contribution < 1.29 is 14.6 Å². The van der Waals surface area contributed by atoms with Crippen molar-refractivity contribution in [3.05, 3.63) is 42.1 Å². The zero-order valence-electron chi connectivity index (χ0n) is 14.4. The van der Waals surface area contributed by atoms with E-state index in [4.69, 9.17) is 4.74 Å². The first-order valence-electron chi connectivity index (χ1n) is 8.15. The number of hydrogen-bond acceptors (Lipinski definition) is 6. The van der Waals surface area contributed by atoms with Crippen LogP contribution in [0, 0.1) is 0 Å². The number of amides is 1. The van der Waals surface area contributed by atoms with Gasteiger partial charge < -0.3 is 25.0 Å². The molecule has 7 heteroatoms. The maximum Gasteiger partial charge on any atom is 0.259 e. The quantitative estimate of drug-likeness (QED) is 0.882. The number of nitrogens with zero attached hydrogens (tertiary/aromatic N) is 3. The highest BCUT2D eigenvalue weighted by atomic mass is 16.5. The van der Waals surface area contributed by atoms with Crippen LogP contribution in [0.4, 0.5) is 11.5 Å². The Morgan fingerprint density at radius 3 is 2.56 bits per heavy atom. The number of nitrogens with one attached hydrogen (secondary N) is 1. The van der Waals surface area contributed by atoms with Crippen LogP contribution in [0.5, 0.6) is 11.5 Å². The second-order valence-electron chi connectivity index (χ2n) is 6.03. The summed E-state index contributed by atoms with van der Waals surface area (Å²) >= 11 is 0. The molecule has 1 amide bonds.